The van der Waals surface area contributed by atoms with Crippen LogP contribution in [0.25, 0.3) is 0 Å². The Morgan fingerprint density at radius 1 is 1.16 bits per heavy atom. The molecule has 0 aliphatic heterocycles. The summed E-state index contributed by atoms with van der Waals surface area (Å²) in [6.07, 6.45) is 5.80. The van der Waals surface area contributed by atoms with Crippen LogP contribution in [0.15, 0.2) is 18.2 Å². The van der Waals surface area contributed by atoms with Gasteiger partial charge in [0.05, 0.1) is 18.8 Å². The van der Waals surface area contributed by atoms with Gasteiger partial charge in [0.15, 0.2) is 0 Å². The predicted octanol–water partition coefficient (Wildman–Crippen LogP) is 3.35. The number of rotatable bonds is 4. The van der Waals surface area contributed by atoms with Gasteiger partial charge in [-0.3, -0.25) is 0 Å². The zero-order valence-electron chi connectivity index (χ0n) is 12.2. The normalized spacial score (nSPS) is 20.0. The molecule has 1 aromatic rings. The van der Waals surface area contributed by atoms with Crippen molar-refractivity contribution in [1.29, 1.82) is 0 Å². The molecular weight excluding hydrogens is 238 g/mol. The summed E-state index contributed by atoms with van der Waals surface area (Å²) in [5, 5.41) is 0. The maximum Gasteiger partial charge on any atom is 0.119 e. The molecule has 3 nitrogen and oxygen atoms in total. The Balaban J connectivity index is 2.29. The lowest BCUT2D eigenvalue weighted by molar-refractivity contribution is -0.0596. The number of benzene rings is 1. The first-order valence-corrected chi connectivity index (χ1v) is 7.08. The maximum atomic E-state index is 6.54. The van der Waals surface area contributed by atoms with E-state index in [1.165, 1.54) is 30.4 Å². The highest BCUT2D eigenvalue weighted by Gasteiger charge is 2.39. The molecule has 1 unspecified atom stereocenters. The lowest BCUT2D eigenvalue weighted by Crippen LogP contribution is -2.44. The van der Waals surface area contributed by atoms with Gasteiger partial charge in [-0.05, 0) is 43.0 Å². The first-order valence-electron chi connectivity index (χ1n) is 7.08. The summed E-state index contributed by atoms with van der Waals surface area (Å²) in [6.45, 7) is 2.09. The molecule has 0 heterocycles. The molecule has 1 fully saturated rings. The Morgan fingerprint density at radius 2 is 1.84 bits per heavy atom. The van der Waals surface area contributed by atoms with Crippen LogP contribution in [0.5, 0.6) is 5.75 Å². The number of hydrogen-bond acceptors (Lipinski definition) is 3. The Morgan fingerprint density at radius 3 is 2.37 bits per heavy atom. The number of ether oxygens (including phenoxy) is 2. The van der Waals surface area contributed by atoms with Crippen LogP contribution in [0, 0.1) is 6.92 Å². The van der Waals surface area contributed by atoms with Crippen molar-refractivity contribution < 1.29 is 9.47 Å². The minimum Gasteiger partial charge on any atom is -0.497 e. The highest BCUT2D eigenvalue weighted by atomic mass is 16.5. The average Bonchev–Trinajstić information content (AvgIpc) is 2.47. The molecule has 3 heteroatoms. The Bertz CT molecular complexity index is 425. The van der Waals surface area contributed by atoms with Crippen molar-refractivity contribution in [3.63, 3.8) is 0 Å². The Labute approximate surface area is 116 Å². The highest BCUT2D eigenvalue weighted by Crippen LogP contribution is 2.40. The minimum atomic E-state index is -0.197. The zero-order valence-corrected chi connectivity index (χ0v) is 12.2. The van der Waals surface area contributed by atoms with E-state index >= 15 is 0 Å². The van der Waals surface area contributed by atoms with Crippen molar-refractivity contribution in [2.45, 2.75) is 50.7 Å². The molecule has 106 valence electrons. The smallest absolute Gasteiger partial charge is 0.119 e. The van der Waals surface area contributed by atoms with E-state index in [0.29, 0.717) is 0 Å². The number of hydrogen-bond donors (Lipinski definition) is 1. The number of methoxy groups -OCH3 is 2. The van der Waals surface area contributed by atoms with Gasteiger partial charge in [0.1, 0.15) is 5.75 Å². The molecule has 0 spiro atoms. The molecule has 0 amide bonds. The van der Waals surface area contributed by atoms with Gasteiger partial charge in [-0.2, -0.15) is 0 Å². The van der Waals surface area contributed by atoms with Gasteiger partial charge < -0.3 is 15.2 Å². The molecule has 1 atom stereocenters. The van der Waals surface area contributed by atoms with Crippen LogP contribution >= 0.6 is 0 Å². The summed E-state index contributed by atoms with van der Waals surface area (Å²) >= 11 is 0. The van der Waals surface area contributed by atoms with E-state index in [1.807, 2.05) is 12.1 Å². The molecular formula is C16H25NO2. The van der Waals surface area contributed by atoms with E-state index in [2.05, 4.69) is 13.0 Å². The topological polar surface area (TPSA) is 44.5 Å². The van der Waals surface area contributed by atoms with Gasteiger partial charge in [-0.1, -0.05) is 25.3 Å². The van der Waals surface area contributed by atoms with Gasteiger partial charge in [0, 0.05) is 7.11 Å². The Kier molecular flexibility index (Phi) is 4.48. The van der Waals surface area contributed by atoms with E-state index in [4.69, 9.17) is 15.2 Å². The molecule has 1 aliphatic carbocycles. The first kappa shape index (κ1) is 14.4. The second kappa shape index (κ2) is 5.93. The summed E-state index contributed by atoms with van der Waals surface area (Å²) in [4.78, 5) is 0. The molecule has 19 heavy (non-hydrogen) atoms. The van der Waals surface area contributed by atoms with Crippen LogP contribution < -0.4 is 10.5 Å². The standard InChI is InChI=1S/C16H25NO2/c1-12-11-13(18-2)7-8-14(12)15(17)16(19-3)9-5-4-6-10-16/h7-8,11,15H,4-6,9-10,17H2,1-3H3. The summed E-state index contributed by atoms with van der Waals surface area (Å²) in [6, 6.07) is 6.04. The maximum absolute atomic E-state index is 6.54. The molecule has 0 saturated heterocycles. The van der Waals surface area contributed by atoms with Crippen molar-refractivity contribution in [2.24, 2.45) is 5.73 Å². The lowest BCUT2D eigenvalue weighted by Gasteiger charge is -2.41. The number of aryl methyl sites for hydroxylation is 1. The average molecular weight is 263 g/mol. The zero-order chi connectivity index (χ0) is 13.9. The van der Waals surface area contributed by atoms with Gasteiger partial charge in [-0.25, -0.2) is 0 Å². The monoisotopic (exact) mass is 263 g/mol. The van der Waals surface area contributed by atoms with Gasteiger partial charge >= 0.3 is 0 Å². The Hall–Kier alpha value is -1.06. The first-order chi connectivity index (χ1) is 9.13. The third kappa shape index (κ3) is 2.77. The van der Waals surface area contributed by atoms with Crippen molar-refractivity contribution >= 4 is 0 Å². The molecule has 0 aromatic heterocycles. The van der Waals surface area contributed by atoms with Gasteiger partial charge in [-0.15, -0.1) is 0 Å². The highest BCUT2D eigenvalue weighted by molar-refractivity contribution is 5.37. The van der Waals surface area contributed by atoms with Gasteiger partial charge in [0.25, 0.3) is 0 Å². The van der Waals surface area contributed by atoms with Crippen LogP contribution in [-0.4, -0.2) is 19.8 Å². The third-order valence-corrected chi connectivity index (χ3v) is 4.49. The van der Waals surface area contributed by atoms with Crippen LogP contribution in [0.3, 0.4) is 0 Å². The molecule has 2 N–H and O–H groups in total. The van der Waals surface area contributed by atoms with E-state index in [-0.39, 0.29) is 11.6 Å². The van der Waals surface area contributed by atoms with Crippen molar-refractivity contribution in [2.75, 3.05) is 14.2 Å². The summed E-state index contributed by atoms with van der Waals surface area (Å²) in [5.74, 6) is 0.878. The van der Waals surface area contributed by atoms with Crippen LogP contribution in [0.2, 0.25) is 0 Å². The molecule has 1 aromatic carbocycles. The summed E-state index contributed by atoms with van der Waals surface area (Å²) < 4.78 is 11.1. The van der Waals surface area contributed by atoms with Gasteiger partial charge in [0.2, 0.25) is 0 Å². The fourth-order valence-corrected chi connectivity index (χ4v) is 3.20. The van der Waals surface area contributed by atoms with E-state index in [9.17, 15) is 0 Å². The molecule has 2 rings (SSSR count). The van der Waals surface area contributed by atoms with Crippen molar-refractivity contribution in [1.82, 2.24) is 0 Å². The van der Waals surface area contributed by atoms with E-state index in [1.54, 1.807) is 14.2 Å². The summed E-state index contributed by atoms with van der Waals surface area (Å²) in [5.41, 5.74) is 8.69. The molecule has 0 bridgehead atoms. The van der Waals surface area contributed by atoms with Crippen LogP contribution in [0.4, 0.5) is 0 Å². The molecule has 0 radical (unpaired) electrons. The fourth-order valence-electron chi connectivity index (χ4n) is 3.20. The van der Waals surface area contributed by atoms with E-state index < -0.39 is 0 Å². The van der Waals surface area contributed by atoms with Crippen LogP contribution in [0.1, 0.15) is 49.3 Å². The van der Waals surface area contributed by atoms with Crippen molar-refractivity contribution in [3.8, 4) is 5.75 Å². The lowest BCUT2D eigenvalue weighted by atomic mass is 9.76. The third-order valence-electron chi connectivity index (χ3n) is 4.49. The largest absolute Gasteiger partial charge is 0.497 e. The quantitative estimate of drug-likeness (QED) is 0.906. The molecule has 1 aliphatic rings. The predicted molar refractivity (Wildman–Crippen MR) is 77.5 cm³/mol. The SMILES string of the molecule is COc1ccc(C(N)C2(OC)CCCCC2)c(C)c1. The second-order valence-electron chi connectivity index (χ2n) is 5.53. The van der Waals surface area contributed by atoms with Crippen molar-refractivity contribution in [3.05, 3.63) is 29.3 Å². The molecule has 1 saturated carbocycles. The minimum absolute atomic E-state index is 0.0660. The second-order valence-corrected chi connectivity index (χ2v) is 5.53. The van der Waals surface area contributed by atoms with Crippen LogP contribution in [-0.2, 0) is 4.74 Å². The number of nitrogens with two attached hydrogens (primary N) is 1. The van der Waals surface area contributed by atoms with E-state index in [0.717, 1.165) is 18.6 Å². The summed E-state index contributed by atoms with van der Waals surface area (Å²) in [7, 11) is 3.48. The fraction of sp³-hybridized carbons (Fsp3) is 0.625.